The van der Waals surface area contributed by atoms with Crippen LogP contribution in [0, 0.1) is 0 Å². The van der Waals surface area contributed by atoms with Crippen molar-refractivity contribution in [3.05, 3.63) is 60.2 Å². The molecule has 0 unspecified atom stereocenters. The van der Waals surface area contributed by atoms with E-state index >= 15 is 0 Å². The second-order valence-electron chi connectivity index (χ2n) is 6.68. The van der Waals surface area contributed by atoms with Gasteiger partial charge in [0, 0.05) is 31.7 Å². The first kappa shape index (κ1) is 20.4. The Balaban J connectivity index is 1.43. The Morgan fingerprint density at radius 2 is 1.53 bits per heavy atom. The average molecular weight is 438 g/mol. The highest BCUT2D eigenvalue weighted by atomic mass is 32.2. The number of nitrogens with zero attached hydrogens (tertiary/aromatic N) is 4. The van der Waals surface area contributed by atoms with Crippen molar-refractivity contribution in [2.45, 2.75) is 11.1 Å². The van der Waals surface area contributed by atoms with Crippen LogP contribution in [0.25, 0.3) is 11.5 Å². The molecule has 4 rings (SSSR count). The van der Waals surface area contributed by atoms with E-state index in [2.05, 4.69) is 10.1 Å². The highest BCUT2D eigenvalue weighted by molar-refractivity contribution is 7.89. The van der Waals surface area contributed by atoms with Gasteiger partial charge in [0.05, 0.1) is 10.5 Å². The lowest BCUT2D eigenvalue weighted by molar-refractivity contribution is -0.137. The number of halogens is 3. The van der Waals surface area contributed by atoms with Crippen LogP contribution in [0.3, 0.4) is 0 Å². The summed E-state index contributed by atoms with van der Waals surface area (Å²) in [7, 11) is -3.89. The van der Waals surface area contributed by atoms with Crippen LogP contribution < -0.4 is 4.90 Å². The third kappa shape index (κ3) is 4.03. The minimum absolute atomic E-state index is 0.151. The number of alkyl halides is 3. The zero-order valence-corrected chi connectivity index (χ0v) is 16.4. The SMILES string of the molecule is O=S(=O)(c1ccc(C(F)(F)F)cc1)N1CCN(c2noc(-c3ccccc3)n2)CC1. The molecule has 0 amide bonds. The van der Waals surface area contributed by atoms with Crippen molar-refractivity contribution in [2.75, 3.05) is 31.1 Å². The highest BCUT2D eigenvalue weighted by Crippen LogP contribution is 2.30. The van der Waals surface area contributed by atoms with Gasteiger partial charge in [-0.05, 0) is 41.6 Å². The summed E-state index contributed by atoms with van der Waals surface area (Å²) >= 11 is 0. The summed E-state index contributed by atoms with van der Waals surface area (Å²) in [5.74, 6) is 0.728. The number of piperazine rings is 1. The molecule has 0 N–H and O–H groups in total. The lowest BCUT2D eigenvalue weighted by atomic mass is 10.2. The van der Waals surface area contributed by atoms with Gasteiger partial charge in [-0.3, -0.25) is 0 Å². The maximum Gasteiger partial charge on any atom is 0.416 e. The molecule has 0 aliphatic carbocycles. The van der Waals surface area contributed by atoms with Gasteiger partial charge < -0.3 is 9.42 Å². The summed E-state index contributed by atoms with van der Waals surface area (Å²) < 4.78 is 70.1. The van der Waals surface area contributed by atoms with Crippen molar-refractivity contribution in [3.63, 3.8) is 0 Å². The minimum atomic E-state index is -4.52. The standard InChI is InChI=1S/C19H17F3N4O3S/c20-19(21,22)15-6-8-16(9-7-15)30(27,28)26-12-10-25(11-13-26)18-23-17(29-24-18)14-4-2-1-3-5-14/h1-9H,10-13H2. The molecule has 0 spiro atoms. The fraction of sp³-hybridized carbons (Fsp3) is 0.263. The molecule has 2 heterocycles. The molecule has 1 fully saturated rings. The molecular weight excluding hydrogens is 421 g/mol. The number of rotatable bonds is 4. The van der Waals surface area contributed by atoms with E-state index in [1.165, 1.54) is 4.31 Å². The smallest absolute Gasteiger partial charge is 0.336 e. The average Bonchev–Trinajstić information content (AvgIpc) is 3.24. The van der Waals surface area contributed by atoms with Gasteiger partial charge in [0.2, 0.25) is 10.0 Å². The van der Waals surface area contributed by atoms with Gasteiger partial charge in [-0.2, -0.15) is 22.5 Å². The van der Waals surface area contributed by atoms with E-state index in [0.29, 0.717) is 24.9 Å². The fourth-order valence-corrected chi connectivity index (χ4v) is 4.56. The lowest BCUT2D eigenvalue weighted by Gasteiger charge is -2.33. The first-order valence-electron chi connectivity index (χ1n) is 9.07. The quantitative estimate of drug-likeness (QED) is 0.622. The predicted octanol–water partition coefficient (Wildman–Crippen LogP) is 3.27. The molecule has 1 saturated heterocycles. The number of hydrogen-bond acceptors (Lipinski definition) is 6. The first-order chi connectivity index (χ1) is 14.2. The third-order valence-corrected chi connectivity index (χ3v) is 6.69. The molecular formula is C19H17F3N4O3S. The zero-order valence-electron chi connectivity index (χ0n) is 15.6. The lowest BCUT2D eigenvalue weighted by Crippen LogP contribution is -2.49. The maximum atomic E-state index is 12.8. The number of anilines is 1. The Hall–Kier alpha value is -2.92. The monoisotopic (exact) mass is 438 g/mol. The Labute approximate surface area is 170 Å². The summed E-state index contributed by atoms with van der Waals surface area (Å²) in [6.07, 6.45) is -4.52. The van der Waals surface area contributed by atoms with E-state index in [-0.39, 0.29) is 18.0 Å². The molecule has 0 saturated carbocycles. The highest BCUT2D eigenvalue weighted by Gasteiger charge is 2.33. The van der Waals surface area contributed by atoms with Crippen LogP contribution in [0.1, 0.15) is 5.56 Å². The van der Waals surface area contributed by atoms with E-state index in [1.807, 2.05) is 30.3 Å². The molecule has 11 heteroatoms. The van der Waals surface area contributed by atoms with E-state index in [9.17, 15) is 21.6 Å². The first-order valence-corrected chi connectivity index (χ1v) is 10.5. The van der Waals surface area contributed by atoms with Gasteiger partial charge in [-0.25, -0.2) is 8.42 Å². The van der Waals surface area contributed by atoms with Crippen LogP contribution >= 0.6 is 0 Å². The van der Waals surface area contributed by atoms with E-state index < -0.39 is 21.8 Å². The van der Waals surface area contributed by atoms with Crippen molar-refractivity contribution in [1.82, 2.24) is 14.4 Å². The molecule has 30 heavy (non-hydrogen) atoms. The van der Waals surface area contributed by atoms with Crippen molar-refractivity contribution in [3.8, 4) is 11.5 Å². The summed E-state index contributed by atoms with van der Waals surface area (Å²) in [6, 6.07) is 12.8. The number of hydrogen-bond donors (Lipinski definition) is 0. The molecule has 1 aromatic heterocycles. The van der Waals surface area contributed by atoms with Crippen LogP contribution in [0.15, 0.2) is 64.0 Å². The van der Waals surface area contributed by atoms with Gasteiger partial charge in [0.25, 0.3) is 11.8 Å². The van der Waals surface area contributed by atoms with E-state index in [0.717, 1.165) is 29.8 Å². The Bertz CT molecular complexity index is 1110. The van der Waals surface area contributed by atoms with Crippen molar-refractivity contribution in [2.24, 2.45) is 0 Å². The van der Waals surface area contributed by atoms with Crippen LogP contribution in [-0.4, -0.2) is 49.0 Å². The molecule has 0 atom stereocenters. The topological polar surface area (TPSA) is 79.5 Å². The molecule has 7 nitrogen and oxygen atoms in total. The second kappa shape index (κ2) is 7.73. The third-order valence-electron chi connectivity index (χ3n) is 4.78. The largest absolute Gasteiger partial charge is 0.416 e. The molecule has 1 aliphatic heterocycles. The number of benzene rings is 2. The predicted molar refractivity (Wildman–Crippen MR) is 102 cm³/mol. The van der Waals surface area contributed by atoms with Crippen LogP contribution in [0.2, 0.25) is 0 Å². The Morgan fingerprint density at radius 1 is 0.900 bits per heavy atom. The van der Waals surface area contributed by atoms with E-state index in [1.54, 1.807) is 4.90 Å². The van der Waals surface area contributed by atoms with Gasteiger partial charge >= 0.3 is 6.18 Å². The van der Waals surface area contributed by atoms with Gasteiger partial charge in [-0.1, -0.05) is 18.2 Å². The molecule has 0 radical (unpaired) electrons. The van der Waals surface area contributed by atoms with Crippen LogP contribution in [0.5, 0.6) is 0 Å². The van der Waals surface area contributed by atoms with E-state index in [4.69, 9.17) is 4.52 Å². The minimum Gasteiger partial charge on any atom is -0.336 e. The Morgan fingerprint density at radius 3 is 2.13 bits per heavy atom. The molecule has 2 aromatic carbocycles. The van der Waals surface area contributed by atoms with Gasteiger partial charge in [0.1, 0.15) is 0 Å². The number of sulfonamides is 1. The second-order valence-corrected chi connectivity index (χ2v) is 8.62. The Kier molecular flexibility index (Phi) is 5.24. The van der Waals surface area contributed by atoms with Gasteiger partial charge in [0.15, 0.2) is 0 Å². The van der Waals surface area contributed by atoms with Crippen molar-refractivity contribution >= 4 is 16.0 Å². The molecule has 1 aliphatic rings. The van der Waals surface area contributed by atoms with Crippen LogP contribution in [-0.2, 0) is 16.2 Å². The van der Waals surface area contributed by atoms with Crippen molar-refractivity contribution < 1.29 is 26.1 Å². The summed E-state index contributed by atoms with van der Waals surface area (Å²) in [5, 5.41) is 3.96. The normalized spacial score (nSPS) is 16.0. The molecule has 158 valence electrons. The fourth-order valence-electron chi connectivity index (χ4n) is 3.14. The molecule has 3 aromatic rings. The summed E-state index contributed by atoms with van der Waals surface area (Å²) in [4.78, 5) is 5.98. The zero-order chi connectivity index (χ0) is 21.4. The molecule has 0 bridgehead atoms. The summed E-state index contributed by atoms with van der Waals surface area (Å²) in [6.45, 7) is 0.957. The maximum absolute atomic E-state index is 12.8. The van der Waals surface area contributed by atoms with Crippen molar-refractivity contribution in [1.29, 1.82) is 0 Å². The summed E-state index contributed by atoms with van der Waals surface area (Å²) in [5.41, 5.74) is -0.114. The van der Waals surface area contributed by atoms with Crippen LogP contribution in [0.4, 0.5) is 19.1 Å². The van der Waals surface area contributed by atoms with Gasteiger partial charge in [-0.15, -0.1) is 0 Å². The number of aromatic nitrogens is 2.